The van der Waals surface area contributed by atoms with Gasteiger partial charge >= 0.3 is 0 Å². The van der Waals surface area contributed by atoms with Gasteiger partial charge < -0.3 is 5.11 Å². The van der Waals surface area contributed by atoms with E-state index in [1.54, 1.807) is 0 Å². The van der Waals surface area contributed by atoms with Gasteiger partial charge in [0.2, 0.25) is 0 Å². The number of hydrogen-bond acceptors (Lipinski definition) is 6. The molecule has 0 aromatic heterocycles. The van der Waals surface area contributed by atoms with Crippen molar-refractivity contribution in [1.29, 1.82) is 5.26 Å². The molecule has 0 saturated heterocycles. The summed E-state index contributed by atoms with van der Waals surface area (Å²) in [6.07, 6.45) is 0. The molecular formula is C10H9NO5S. The average molecular weight is 255 g/mol. The molecule has 0 fully saturated rings. The van der Waals surface area contributed by atoms with Crippen molar-refractivity contribution in [3.63, 3.8) is 0 Å². The van der Waals surface area contributed by atoms with E-state index in [2.05, 4.69) is 4.18 Å². The molecule has 1 rings (SSSR count). The smallest absolute Gasteiger partial charge is 0.297 e. The highest BCUT2D eigenvalue weighted by Crippen LogP contribution is 2.12. The number of nitrogens with zero attached hydrogens (tertiary/aromatic N) is 1. The lowest BCUT2D eigenvalue weighted by molar-refractivity contribution is -0.123. The van der Waals surface area contributed by atoms with Crippen molar-refractivity contribution < 1.29 is 22.5 Å². The topological polar surface area (TPSA) is 104 Å². The quantitative estimate of drug-likeness (QED) is 0.732. The summed E-state index contributed by atoms with van der Waals surface area (Å²) < 4.78 is 27.4. The predicted molar refractivity (Wildman–Crippen MR) is 56.4 cm³/mol. The first-order chi connectivity index (χ1) is 7.99. The number of ketones is 1. The number of benzene rings is 1. The maximum Gasteiger partial charge on any atom is 0.297 e. The van der Waals surface area contributed by atoms with Gasteiger partial charge in [-0.2, -0.15) is 13.7 Å². The maximum absolute atomic E-state index is 11.5. The molecule has 0 saturated carbocycles. The van der Waals surface area contributed by atoms with Crippen LogP contribution in [0, 0.1) is 11.3 Å². The van der Waals surface area contributed by atoms with Crippen molar-refractivity contribution in [3.8, 4) is 6.07 Å². The highest BCUT2D eigenvalue weighted by Gasteiger charge is 2.16. The summed E-state index contributed by atoms with van der Waals surface area (Å²) in [4.78, 5) is 10.6. The molecule has 0 aliphatic rings. The number of carbonyl (C=O) groups excluding carboxylic acids is 1. The highest BCUT2D eigenvalue weighted by atomic mass is 32.2. The van der Waals surface area contributed by atoms with Crippen molar-refractivity contribution in [2.45, 2.75) is 4.90 Å². The van der Waals surface area contributed by atoms with Crippen LogP contribution >= 0.6 is 0 Å². The minimum Gasteiger partial charge on any atom is -0.388 e. The molecule has 0 aliphatic heterocycles. The minimum absolute atomic E-state index is 0.151. The third-order valence-electron chi connectivity index (χ3n) is 1.82. The molecule has 0 atom stereocenters. The summed E-state index contributed by atoms with van der Waals surface area (Å²) in [5.41, 5.74) is 0.315. The van der Waals surface area contributed by atoms with Crippen LogP contribution in [0.1, 0.15) is 5.56 Å². The molecule has 0 bridgehead atoms. The molecule has 0 heterocycles. The molecule has 0 unspecified atom stereocenters. The van der Waals surface area contributed by atoms with E-state index in [0.717, 1.165) is 0 Å². The highest BCUT2D eigenvalue weighted by molar-refractivity contribution is 7.86. The zero-order chi connectivity index (χ0) is 12.9. The summed E-state index contributed by atoms with van der Waals surface area (Å²) in [6.45, 7) is -1.48. The Bertz CT molecular complexity index is 541. The SMILES string of the molecule is N#Cc1ccc(S(=O)(=O)OCC(=O)CO)cc1. The summed E-state index contributed by atoms with van der Waals surface area (Å²) in [6, 6.07) is 6.90. The number of nitriles is 1. The summed E-state index contributed by atoms with van der Waals surface area (Å²) in [7, 11) is -4.03. The molecule has 1 aromatic carbocycles. The minimum atomic E-state index is -4.03. The van der Waals surface area contributed by atoms with E-state index in [0.29, 0.717) is 5.56 Å². The number of carbonyl (C=O) groups is 1. The fourth-order valence-electron chi connectivity index (χ4n) is 0.953. The van der Waals surface area contributed by atoms with Crippen LogP contribution in [0.15, 0.2) is 29.2 Å². The lowest BCUT2D eigenvalue weighted by Gasteiger charge is -2.03. The van der Waals surface area contributed by atoms with E-state index in [9.17, 15) is 13.2 Å². The van der Waals surface area contributed by atoms with Gasteiger partial charge in [-0.05, 0) is 24.3 Å². The second-order valence-electron chi connectivity index (χ2n) is 3.05. The fourth-order valence-corrected chi connectivity index (χ4v) is 1.85. The second kappa shape index (κ2) is 5.54. The van der Waals surface area contributed by atoms with Crippen LogP contribution in [-0.2, 0) is 19.1 Å². The zero-order valence-electron chi connectivity index (χ0n) is 8.66. The summed E-state index contributed by atoms with van der Waals surface area (Å²) >= 11 is 0. The van der Waals surface area contributed by atoms with Gasteiger partial charge in [0.05, 0.1) is 16.5 Å². The van der Waals surface area contributed by atoms with E-state index in [1.807, 2.05) is 6.07 Å². The standard InChI is InChI=1S/C10H9NO5S/c11-5-8-1-3-10(4-2-8)17(14,15)16-7-9(13)6-12/h1-4,12H,6-7H2. The number of aliphatic hydroxyl groups excluding tert-OH is 1. The second-order valence-corrected chi connectivity index (χ2v) is 4.66. The molecule has 0 amide bonds. The maximum atomic E-state index is 11.5. The van der Waals surface area contributed by atoms with Gasteiger partial charge in [0.1, 0.15) is 13.2 Å². The summed E-state index contributed by atoms with van der Waals surface area (Å²) in [5, 5.41) is 16.9. The molecule has 1 N–H and O–H groups in total. The Morgan fingerprint density at radius 2 is 1.94 bits per heavy atom. The van der Waals surface area contributed by atoms with E-state index in [4.69, 9.17) is 10.4 Å². The van der Waals surface area contributed by atoms with Gasteiger partial charge in [0.25, 0.3) is 10.1 Å². The normalized spacial score (nSPS) is 10.8. The Hall–Kier alpha value is -1.75. The van der Waals surface area contributed by atoms with Gasteiger partial charge in [0, 0.05) is 0 Å². The Balaban J connectivity index is 2.83. The number of Topliss-reactive ketones (excluding diaryl/α,β-unsaturated/α-hetero) is 1. The van der Waals surface area contributed by atoms with E-state index in [1.165, 1.54) is 24.3 Å². The van der Waals surface area contributed by atoms with Crippen molar-refractivity contribution in [1.82, 2.24) is 0 Å². The average Bonchev–Trinajstić information content (AvgIpc) is 2.36. The van der Waals surface area contributed by atoms with Crippen LogP contribution in [0.4, 0.5) is 0 Å². The van der Waals surface area contributed by atoms with Crippen LogP contribution in [0.5, 0.6) is 0 Å². The first kappa shape index (κ1) is 13.3. The van der Waals surface area contributed by atoms with E-state index in [-0.39, 0.29) is 4.90 Å². The van der Waals surface area contributed by atoms with Gasteiger partial charge in [-0.1, -0.05) is 0 Å². The fraction of sp³-hybridized carbons (Fsp3) is 0.200. The molecule has 1 aromatic rings. The van der Waals surface area contributed by atoms with Gasteiger partial charge in [0.15, 0.2) is 5.78 Å². The zero-order valence-corrected chi connectivity index (χ0v) is 9.48. The first-order valence-electron chi connectivity index (χ1n) is 4.52. The van der Waals surface area contributed by atoms with Crippen LogP contribution in [0.3, 0.4) is 0 Å². The van der Waals surface area contributed by atoms with Crippen molar-refractivity contribution in [2.24, 2.45) is 0 Å². The molecule has 0 aliphatic carbocycles. The van der Waals surface area contributed by atoms with Crippen LogP contribution in [0.25, 0.3) is 0 Å². The third kappa shape index (κ3) is 3.64. The summed E-state index contributed by atoms with van der Waals surface area (Å²) in [5.74, 6) is -0.734. The monoisotopic (exact) mass is 255 g/mol. The largest absolute Gasteiger partial charge is 0.388 e. The van der Waals surface area contributed by atoms with Crippen molar-refractivity contribution in [3.05, 3.63) is 29.8 Å². The van der Waals surface area contributed by atoms with Gasteiger partial charge in [-0.3, -0.25) is 8.98 Å². The predicted octanol–water partition coefficient (Wildman–Crippen LogP) is -0.175. The van der Waals surface area contributed by atoms with Crippen molar-refractivity contribution in [2.75, 3.05) is 13.2 Å². The molecule has 6 nitrogen and oxygen atoms in total. The molecule has 0 radical (unpaired) electrons. The van der Waals surface area contributed by atoms with Crippen LogP contribution in [-0.4, -0.2) is 32.5 Å². The molecule has 90 valence electrons. The van der Waals surface area contributed by atoms with Gasteiger partial charge in [-0.25, -0.2) is 0 Å². The van der Waals surface area contributed by atoms with Crippen LogP contribution < -0.4 is 0 Å². The van der Waals surface area contributed by atoms with E-state index >= 15 is 0 Å². The Labute approximate surface area is 98.2 Å². The van der Waals surface area contributed by atoms with Crippen molar-refractivity contribution >= 4 is 15.9 Å². The lowest BCUT2D eigenvalue weighted by atomic mass is 10.2. The Morgan fingerprint density at radius 3 is 2.41 bits per heavy atom. The Kier molecular flexibility index (Phi) is 4.34. The molecular weight excluding hydrogens is 246 g/mol. The molecule has 0 spiro atoms. The first-order valence-corrected chi connectivity index (χ1v) is 5.92. The number of rotatable bonds is 5. The molecule has 7 heteroatoms. The lowest BCUT2D eigenvalue weighted by Crippen LogP contribution is -2.17. The Morgan fingerprint density at radius 1 is 1.35 bits per heavy atom. The number of aliphatic hydroxyl groups is 1. The van der Waals surface area contributed by atoms with E-state index < -0.39 is 29.1 Å². The third-order valence-corrected chi connectivity index (χ3v) is 3.10. The molecule has 17 heavy (non-hydrogen) atoms. The van der Waals surface area contributed by atoms with Gasteiger partial charge in [-0.15, -0.1) is 0 Å². The number of hydrogen-bond donors (Lipinski definition) is 1. The van der Waals surface area contributed by atoms with Crippen LogP contribution in [0.2, 0.25) is 0 Å².